The molecule has 0 aromatic rings. The van der Waals surface area contributed by atoms with E-state index < -0.39 is 15.7 Å². The largest absolute Gasteiger partial charge is 0.383 e. The molecule has 1 aliphatic rings. The Kier molecular flexibility index (Phi) is 6.72. The van der Waals surface area contributed by atoms with Crippen molar-refractivity contribution in [3.63, 3.8) is 0 Å². The van der Waals surface area contributed by atoms with Crippen molar-refractivity contribution in [2.24, 2.45) is 0 Å². The molecule has 0 saturated heterocycles. The van der Waals surface area contributed by atoms with Crippen molar-refractivity contribution in [1.82, 2.24) is 9.44 Å². The van der Waals surface area contributed by atoms with E-state index in [1.54, 1.807) is 0 Å². The topological polar surface area (TPSA) is 91.2 Å². The van der Waals surface area contributed by atoms with Gasteiger partial charge < -0.3 is 4.74 Å². The van der Waals surface area contributed by atoms with Crippen molar-refractivity contribution in [3.8, 4) is 6.07 Å². The first kappa shape index (κ1) is 16.4. The molecule has 0 atom stereocenters. The molecule has 0 spiro atoms. The molecule has 1 fully saturated rings. The van der Waals surface area contributed by atoms with Gasteiger partial charge >= 0.3 is 0 Å². The molecule has 0 heterocycles. The number of nitriles is 1. The van der Waals surface area contributed by atoms with E-state index in [0.29, 0.717) is 19.4 Å². The Balaban J connectivity index is 2.65. The quantitative estimate of drug-likeness (QED) is 0.715. The number of methoxy groups -OCH3 is 1. The van der Waals surface area contributed by atoms with Crippen molar-refractivity contribution >= 4 is 10.2 Å². The Morgan fingerprint density at radius 3 is 2.32 bits per heavy atom. The smallest absolute Gasteiger partial charge is 0.278 e. The van der Waals surface area contributed by atoms with Gasteiger partial charge in [0, 0.05) is 13.7 Å². The summed E-state index contributed by atoms with van der Waals surface area (Å²) in [5.74, 6) is 0. The van der Waals surface area contributed by atoms with E-state index in [9.17, 15) is 13.7 Å². The van der Waals surface area contributed by atoms with E-state index in [4.69, 9.17) is 4.74 Å². The number of ether oxygens (including phenoxy) is 1. The molecule has 110 valence electrons. The van der Waals surface area contributed by atoms with Crippen LogP contribution in [0.5, 0.6) is 0 Å². The Bertz CT molecular complexity index is 395. The summed E-state index contributed by atoms with van der Waals surface area (Å²) in [6.07, 6.45) is 6.20. The van der Waals surface area contributed by atoms with E-state index in [0.717, 1.165) is 25.7 Å². The molecule has 0 bridgehead atoms. The Hall–Kier alpha value is -0.680. The van der Waals surface area contributed by atoms with Crippen molar-refractivity contribution in [1.29, 1.82) is 5.26 Å². The molecule has 1 aliphatic carbocycles. The highest BCUT2D eigenvalue weighted by atomic mass is 32.2. The average molecular weight is 289 g/mol. The van der Waals surface area contributed by atoms with Gasteiger partial charge in [0.05, 0.1) is 12.7 Å². The van der Waals surface area contributed by atoms with E-state index in [-0.39, 0.29) is 6.54 Å². The van der Waals surface area contributed by atoms with Crippen LogP contribution in [-0.2, 0) is 14.9 Å². The summed E-state index contributed by atoms with van der Waals surface area (Å²) in [6.45, 7) is 0.508. The summed E-state index contributed by atoms with van der Waals surface area (Å²) in [6, 6.07) is 2.17. The molecule has 2 N–H and O–H groups in total. The Morgan fingerprint density at radius 2 is 1.79 bits per heavy atom. The van der Waals surface area contributed by atoms with Crippen molar-refractivity contribution in [2.75, 3.05) is 20.3 Å². The fourth-order valence-corrected chi connectivity index (χ4v) is 3.51. The fraction of sp³-hybridized carbons (Fsp3) is 0.917. The molecule has 0 amide bonds. The zero-order valence-corrected chi connectivity index (χ0v) is 12.3. The number of nitrogens with zero attached hydrogens (tertiary/aromatic N) is 1. The highest BCUT2D eigenvalue weighted by molar-refractivity contribution is 7.87. The third-order valence-corrected chi connectivity index (χ3v) is 4.59. The van der Waals surface area contributed by atoms with Crippen LogP contribution in [0.3, 0.4) is 0 Å². The number of nitrogens with one attached hydrogen (secondary N) is 2. The monoisotopic (exact) mass is 289 g/mol. The van der Waals surface area contributed by atoms with Crippen molar-refractivity contribution < 1.29 is 13.2 Å². The summed E-state index contributed by atoms with van der Waals surface area (Å²) >= 11 is 0. The summed E-state index contributed by atoms with van der Waals surface area (Å²) in [4.78, 5) is 0. The lowest BCUT2D eigenvalue weighted by molar-refractivity contribution is 0.204. The second kappa shape index (κ2) is 7.80. The molecule has 0 aromatic heterocycles. The molecule has 0 aliphatic heterocycles. The molecule has 0 radical (unpaired) electrons. The normalized spacial score (nSPS) is 20.2. The number of hydrogen-bond donors (Lipinski definition) is 2. The first-order valence-corrected chi connectivity index (χ1v) is 8.21. The standard InChI is InChI=1S/C12H23N3O3S/c1-18-10-9-14-19(16,17)15-12(11-13)7-5-3-2-4-6-8-12/h14-15H,2-10H2,1H3. The number of rotatable bonds is 6. The molecule has 6 nitrogen and oxygen atoms in total. The first-order chi connectivity index (χ1) is 9.04. The van der Waals surface area contributed by atoms with Gasteiger partial charge in [0.25, 0.3) is 10.2 Å². The number of hydrogen-bond acceptors (Lipinski definition) is 4. The average Bonchev–Trinajstić information content (AvgIpc) is 2.33. The molecule has 19 heavy (non-hydrogen) atoms. The molecule has 0 unspecified atom stereocenters. The van der Waals surface area contributed by atoms with Gasteiger partial charge in [-0.1, -0.05) is 32.1 Å². The van der Waals surface area contributed by atoms with Crippen molar-refractivity contribution in [2.45, 2.75) is 50.5 Å². The second-order valence-electron chi connectivity index (χ2n) is 4.95. The van der Waals surface area contributed by atoms with Crippen LogP contribution in [0, 0.1) is 11.3 Å². The highest BCUT2D eigenvalue weighted by Crippen LogP contribution is 2.26. The van der Waals surface area contributed by atoms with Gasteiger partial charge in [-0.3, -0.25) is 0 Å². The summed E-state index contributed by atoms with van der Waals surface area (Å²) in [5, 5.41) is 9.36. The van der Waals surface area contributed by atoms with Crippen LogP contribution in [-0.4, -0.2) is 34.2 Å². The predicted molar refractivity (Wildman–Crippen MR) is 72.6 cm³/mol. The summed E-state index contributed by atoms with van der Waals surface area (Å²) in [7, 11) is -2.15. The minimum atomic E-state index is -3.65. The van der Waals surface area contributed by atoms with Crippen LogP contribution in [0.4, 0.5) is 0 Å². The lowest BCUT2D eigenvalue weighted by Crippen LogP contribution is -2.52. The SMILES string of the molecule is COCCNS(=O)(=O)NC1(C#N)CCCCCCC1. The Morgan fingerprint density at radius 1 is 1.21 bits per heavy atom. The van der Waals surface area contributed by atoms with E-state index in [2.05, 4.69) is 15.5 Å². The minimum absolute atomic E-state index is 0.202. The second-order valence-corrected chi connectivity index (χ2v) is 6.45. The van der Waals surface area contributed by atoms with Crippen LogP contribution in [0.1, 0.15) is 44.9 Å². The maximum absolute atomic E-state index is 11.9. The summed E-state index contributed by atoms with van der Waals surface area (Å²) < 4.78 is 33.5. The zero-order valence-electron chi connectivity index (χ0n) is 11.4. The van der Waals surface area contributed by atoms with Gasteiger partial charge in [-0.05, 0) is 12.8 Å². The molecular formula is C12H23N3O3S. The van der Waals surface area contributed by atoms with E-state index in [1.165, 1.54) is 13.5 Å². The van der Waals surface area contributed by atoms with Gasteiger partial charge in [0.2, 0.25) is 0 Å². The van der Waals surface area contributed by atoms with Crippen LogP contribution in [0.2, 0.25) is 0 Å². The lowest BCUT2D eigenvalue weighted by Gasteiger charge is -2.29. The molecule has 7 heteroatoms. The van der Waals surface area contributed by atoms with Gasteiger partial charge in [0.15, 0.2) is 0 Å². The maximum Gasteiger partial charge on any atom is 0.278 e. The maximum atomic E-state index is 11.9. The van der Waals surface area contributed by atoms with Crippen LogP contribution in [0.25, 0.3) is 0 Å². The zero-order chi connectivity index (χ0) is 14.2. The van der Waals surface area contributed by atoms with E-state index in [1.807, 2.05) is 0 Å². The Labute approximate surface area is 115 Å². The minimum Gasteiger partial charge on any atom is -0.383 e. The highest BCUT2D eigenvalue weighted by Gasteiger charge is 2.34. The predicted octanol–water partition coefficient (Wildman–Crippen LogP) is 1.06. The molecule has 0 aromatic carbocycles. The molecule has 1 saturated carbocycles. The van der Waals surface area contributed by atoms with Gasteiger partial charge in [0.1, 0.15) is 5.54 Å². The van der Waals surface area contributed by atoms with Crippen LogP contribution >= 0.6 is 0 Å². The van der Waals surface area contributed by atoms with Crippen molar-refractivity contribution in [3.05, 3.63) is 0 Å². The fourth-order valence-electron chi connectivity index (χ4n) is 2.32. The molecule has 1 rings (SSSR count). The van der Waals surface area contributed by atoms with Gasteiger partial charge in [-0.25, -0.2) is 0 Å². The van der Waals surface area contributed by atoms with Crippen LogP contribution in [0.15, 0.2) is 0 Å². The van der Waals surface area contributed by atoms with Crippen LogP contribution < -0.4 is 9.44 Å². The van der Waals surface area contributed by atoms with E-state index >= 15 is 0 Å². The van der Waals surface area contributed by atoms with Gasteiger partial charge in [-0.15, -0.1) is 0 Å². The van der Waals surface area contributed by atoms with Gasteiger partial charge in [-0.2, -0.15) is 23.1 Å². The lowest BCUT2D eigenvalue weighted by atomic mass is 9.86. The molecular weight excluding hydrogens is 266 g/mol. The third-order valence-electron chi connectivity index (χ3n) is 3.35. The summed E-state index contributed by atoms with van der Waals surface area (Å²) in [5.41, 5.74) is -0.959. The third kappa shape index (κ3) is 5.87. The first-order valence-electron chi connectivity index (χ1n) is 6.72.